The van der Waals surface area contributed by atoms with Gasteiger partial charge in [-0.1, -0.05) is 35.9 Å². The van der Waals surface area contributed by atoms with Crippen molar-refractivity contribution in [3.63, 3.8) is 0 Å². The van der Waals surface area contributed by atoms with Crippen molar-refractivity contribution in [1.29, 1.82) is 0 Å². The highest BCUT2D eigenvalue weighted by atomic mass is 35.5. The molecule has 0 bridgehead atoms. The number of halogens is 1. The summed E-state index contributed by atoms with van der Waals surface area (Å²) in [5.41, 5.74) is 3.21. The lowest BCUT2D eigenvalue weighted by Crippen LogP contribution is -1.85. The van der Waals surface area contributed by atoms with Crippen molar-refractivity contribution >= 4 is 17.1 Å². The highest BCUT2D eigenvalue weighted by Crippen LogP contribution is 2.27. The van der Waals surface area contributed by atoms with Crippen LogP contribution in [0.1, 0.15) is 0 Å². The zero-order chi connectivity index (χ0) is 11.0. The quantitative estimate of drug-likeness (QED) is 0.621. The van der Waals surface area contributed by atoms with E-state index in [2.05, 4.69) is 11.1 Å². The van der Waals surface area contributed by atoms with Crippen molar-refractivity contribution in [2.45, 2.75) is 0 Å². The van der Waals surface area contributed by atoms with Gasteiger partial charge >= 0.3 is 0 Å². The Balaban J connectivity index is 2.22. The Morgan fingerprint density at radius 1 is 1.06 bits per heavy atom. The van der Waals surface area contributed by atoms with Gasteiger partial charge in [0.15, 0.2) is 0 Å². The number of aromatic nitrogens is 2. The monoisotopic (exact) mass is 228 g/mol. The van der Waals surface area contributed by atoms with Crippen molar-refractivity contribution < 1.29 is 0 Å². The molecule has 0 saturated heterocycles. The van der Waals surface area contributed by atoms with Crippen LogP contribution in [0.4, 0.5) is 0 Å². The average Bonchev–Trinajstić information content (AvgIpc) is 2.76. The van der Waals surface area contributed by atoms with E-state index in [0.29, 0.717) is 0 Å². The minimum absolute atomic E-state index is 0.766. The van der Waals surface area contributed by atoms with Gasteiger partial charge in [0.25, 0.3) is 0 Å². The number of hydrogen-bond donors (Lipinski definition) is 0. The first-order valence-electron chi connectivity index (χ1n) is 5.01. The first kappa shape index (κ1) is 9.43. The summed E-state index contributed by atoms with van der Waals surface area (Å²) in [5, 5.41) is 0.766. The molecule has 0 amide bonds. The Kier molecular flexibility index (Phi) is 2.15. The average molecular weight is 229 g/mol. The molecule has 0 aliphatic heterocycles. The fraction of sp³-hybridized carbons (Fsp3) is 0. The molecule has 0 saturated carbocycles. The normalized spacial score (nSPS) is 10.8. The van der Waals surface area contributed by atoms with Crippen molar-refractivity contribution in [3.8, 4) is 11.1 Å². The second-order valence-electron chi connectivity index (χ2n) is 3.62. The molecule has 3 rings (SSSR count). The van der Waals surface area contributed by atoms with E-state index in [1.807, 2.05) is 47.1 Å². The van der Waals surface area contributed by atoms with E-state index in [1.54, 1.807) is 6.33 Å². The molecule has 2 nitrogen and oxygen atoms in total. The number of hydrogen-bond acceptors (Lipinski definition) is 1. The first-order chi connectivity index (χ1) is 7.84. The van der Waals surface area contributed by atoms with Gasteiger partial charge in [-0.25, -0.2) is 4.98 Å². The van der Waals surface area contributed by atoms with Gasteiger partial charge in [0.2, 0.25) is 0 Å². The zero-order valence-electron chi connectivity index (χ0n) is 8.47. The molecule has 0 unspecified atom stereocenters. The largest absolute Gasteiger partial charge is 0.306 e. The Labute approximate surface area is 98.1 Å². The van der Waals surface area contributed by atoms with Crippen LogP contribution in [0, 0.1) is 0 Å². The molecule has 0 aliphatic carbocycles. The molecule has 0 spiro atoms. The number of imidazole rings is 1. The van der Waals surface area contributed by atoms with E-state index < -0.39 is 0 Å². The van der Waals surface area contributed by atoms with Gasteiger partial charge < -0.3 is 4.40 Å². The van der Waals surface area contributed by atoms with E-state index >= 15 is 0 Å². The summed E-state index contributed by atoms with van der Waals surface area (Å²) in [7, 11) is 0. The molecule has 2 aromatic heterocycles. The van der Waals surface area contributed by atoms with Gasteiger partial charge in [-0.05, 0) is 17.7 Å². The Hall–Kier alpha value is -1.80. The SMILES string of the molecule is Clc1ccccc1-c1ccc2cncn2c1. The van der Waals surface area contributed by atoms with Crippen molar-refractivity contribution in [2.24, 2.45) is 0 Å². The summed E-state index contributed by atoms with van der Waals surface area (Å²) in [6, 6.07) is 11.9. The van der Waals surface area contributed by atoms with Gasteiger partial charge in [-0.3, -0.25) is 0 Å². The summed E-state index contributed by atoms with van der Waals surface area (Å²) in [6.07, 6.45) is 5.65. The highest BCUT2D eigenvalue weighted by molar-refractivity contribution is 6.33. The summed E-state index contributed by atoms with van der Waals surface area (Å²) in [5.74, 6) is 0. The lowest BCUT2D eigenvalue weighted by atomic mass is 10.1. The van der Waals surface area contributed by atoms with Crippen LogP contribution in [0.5, 0.6) is 0 Å². The minimum Gasteiger partial charge on any atom is -0.306 e. The molecule has 16 heavy (non-hydrogen) atoms. The van der Waals surface area contributed by atoms with Crippen molar-refractivity contribution in [1.82, 2.24) is 9.38 Å². The van der Waals surface area contributed by atoms with Crippen molar-refractivity contribution in [2.75, 3.05) is 0 Å². The number of pyridine rings is 1. The molecule has 0 aliphatic rings. The molecule has 0 atom stereocenters. The van der Waals surface area contributed by atoms with Crippen LogP contribution in [0.15, 0.2) is 55.1 Å². The molecule has 0 radical (unpaired) electrons. The minimum atomic E-state index is 0.766. The van der Waals surface area contributed by atoms with Crippen LogP contribution in [0.3, 0.4) is 0 Å². The molecule has 78 valence electrons. The third-order valence-corrected chi connectivity index (χ3v) is 2.92. The predicted molar refractivity (Wildman–Crippen MR) is 65.6 cm³/mol. The van der Waals surface area contributed by atoms with E-state index in [-0.39, 0.29) is 0 Å². The fourth-order valence-corrected chi connectivity index (χ4v) is 2.02. The summed E-state index contributed by atoms with van der Waals surface area (Å²) in [6.45, 7) is 0. The second kappa shape index (κ2) is 3.65. The molecule has 3 heteroatoms. The molecule has 0 N–H and O–H groups in total. The van der Waals surface area contributed by atoms with Crippen LogP contribution in [-0.2, 0) is 0 Å². The van der Waals surface area contributed by atoms with Crippen LogP contribution in [0.25, 0.3) is 16.6 Å². The summed E-state index contributed by atoms with van der Waals surface area (Å²) < 4.78 is 1.98. The van der Waals surface area contributed by atoms with E-state index in [0.717, 1.165) is 21.7 Å². The Bertz CT molecular complexity index is 643. The van der Waals surface area contributed by atoms with Gasteiger partial charge in [-0.15, -0.1) is 0 Å². The van der Waals surface area contributed by atoms with Gasteiger partial charge in [0.1, 0.15) is 0 Å². The predicted octanol–water partition coefficient (Wildman–Crippen LogP) is 3.65. The maximum atomic E-state index is 6.16. The summed E-state index contributed by atoms with van der Waals surface area (Å²) in [4.78, 5) is 4.09. The topological polar surface area (TPSA) is 17.3 Å². The molecule has 2 heterocycles. The molecular formula is C13H9ClN2. The third-order valence-electron chi connectivity index (χ3n) is 2.59. The van der Waals surface area contributed by atoms with Crippen LogP contribution < -0.4 is 0 Å². The van der Waals surface area contributed by atoms with Gasteiger partial charge in [0.05, 0.1) is 18.0 Å². The fourth-order valence-electron chi connectivity index (χ4n) is 1.77. The summed E-state index contributed by atoms with van der Waals surface area (Å²) >= 11 is 6.16. The highest BCUT2D eigenvalue weighted by Gasteiger charge is 2.03. The van der Waals surface area contributed by atoms with Gasteiger partial charge in [0, 0.05) is 16.8 Å². The third kappa shape index (κ3) is 1.48. The molecule has 3 aromatic rings. The Morgan fingerprint density at radius 2 is 1.94 bits per heavy atom. The molecular weight excluding hydrogens is 220 g/mol. The maximum Gasteiger partial charge on any atom is 0.0992 e. The number of nitrogens with zero attached hydrogens (tertiary/aromatic N) is 2. The van der Waals surface area contributed by atoms with Crippen LogP contribution in [0.2, 0.25) is 5.02 Å². The lowest BCUT2D eigenvalue weighted by molar-refractivity contribution is 1.16. The first-order valence-corrected chi connectivity index (χ1v) is 5.39. The Morgan fingerprint density at radius 3 is 2.81 bits per heavy atom. The zero-order valence-corrected chi connectivity index (χ0v) is 9.22. The lowest BCUT2D eigenvalue weighted by Gasteiger charge is -2.04. The number of fused-ring (bicyclic) bond motifs is 1. The molecule has 0 fully saturated rings. The second-order valence-corrected chi connectivity index (χ2v) is 4.03. The van der Waals surface area contributed by atoms with E-state index in [1.165, 1.54) is 0 Å². The standard InChI is InChI=1S/C13H9ClN2/c14-13-4-2-1-3-12(13)10-5-6-11-7-15-9-16(11)8-10/h1-9H. The number of benzene rings is 1. The van der Waals surface area contributed by atoms with E-state index in [9.17, 15) is 0 Å². The smallest absolute Gasteiger partial charge is 0.0992 e. The van der Waals surface area contributed by atoms with Crippen LogP contribution in [-0.4, -0.2) is 9.38 Å². The van der Waals surface area contributed by atoms with Crippen molar-refractivity contribution in [3.05, 3.63) is 60.1 Å². The number of rotatable bonds is 1. The van der Waals surface area contributed by atoms with Crippen LogP contribution >= 0.6 is 11.6 Å². The molecule has 1 aromatic carbocycles. The van der Waals surface area contributed by atoms with E-state index in [4.69, 9.17) is 11.6 Å². The van der Waals surface area contributed by atoms with Gasteiger partial charge in [-0.2, -0.15) is 0 Å². The maximum absolute atomic E-state index is 6.16.